The summed E-state index contributed by atoms with van der Waals surface area (Å²) in [6.45, 7) is 3.25. The Hall–Kier alpha value is -2.35. The number of aromatic nitrogens is 2. The second kappa shape index (κ2) is 6.87. The Balaban J connectivity index is 1.94. The maximum atomic E-state index is 13.6. The molecule has 3 rings (SSSR count). The number of benzene rings is 1. The van der Waals surface area contributed by atoms with E-state index in [0.717, 1.165) is 35.8 Å². The molecule has 0 radical (unpaired) electrons. The normalized spacial score (nSPS) is 18.2. The lowest BCUT2D eigenvalue weighted by atomic mass is 10.1. The molecule has 0 saturated carbocycles. The minimum absolute atomic E-state index is 0.176. The smallest absolute Gasteiger partial charge is 0.348 e. The van der Waals surface area contributed by atoms with Crippen molar-refractivity contribution in [1.82, 2.24) is 20.4 Å². The van der Waals surface area contributed by atoms with E-state index >= 15 is 0 Å². The molecule has 1 atom stereocenters. The van der Waals surface area contributed by atoms with Crippen LogP contribution in [0, 0.1) is 6.92 Å². The van der Waals surface area contributed by atoms with Gasteiger partial charge >= 0.3 is 6.18 Å². The van der Waals surface area contributed by atoms with Crippen molar-refractivity contribution in [3.8, 4) is 5.69 Å². The quantitative estimate of drug-likeness (QED) is 0.893. The molecule has 1 aromatic carbocycles. The third kappa shape index (κ3) is 3.84. The molecule has 1 aliphatic heterocycles. The fourth-order valence-corrected chi connectivity index (χ4v) is 2.91. The van der Waals surface area contributed by atoms with Gasteiger partial charge in [-0.1, -0.05) is 17.7 Å². The lowest BCUT2D eigenvalue weighted by Crippen LogP contribution is -2.45. The van der Waals surface area contributed by atoms with Gasteiger partial charge in [0.1, 0.15) is 0 Å². The van der Waals surface area contributed by atoms with Gasteiger partial charge in [-0.2, -0.15) is 18.3 Å². The second-order valence-corrected chi connectivity index (χ2v) is 6.17. The van der Waals surface area contributed by atoms with Gasteiger partial charge in [0.15, 0.2) is 5.69 Å². The predicted octanol–water partition coefficient (Wildman–Crippen LogP) is 2.68. The third-order valence-corrected chi connectivity index (χ3v) is 4.19. The highest BCUT2D eigenvalue weighted by Gasteiger charge is 2.40. The molecular weight excluding hydrogens is 333 g/mol. The van der Waals surface area contributed by atoms with E-state index in [1.165, 1.54) is 0 Å². The van der Waals surface area contributed by atoms with Crippen LogP contribution in [0.25, 0.3) is 5.69 Å². The van der Waals surface area contributed by atoms with Gasteiger partial charge in [-0.25, -0.2) is 4.68 Å². The highest BCUT2D eigenvalue weighted by Crippen LogP contribution is 2.33. The highest BCUT2D eigenvalue weighted by atomic mass is 19.4. The summed E-state index contributed by atoms with van der Waals surface area (Å²) in [4.78, 5) is 12.4. The first kappa shape index (κ1) is 17.5. The number of amides is 1. The number of hydrogen-bond acceptors (Lipinski definition) is 3. The SMILES string of the molecule is Cc1ccc(-n2ncc(C(=O)N[C@H]3CCCNC3)c2C(F)(F)F)cc1. The Morgan fingerprint density at radius 2 is 2.04 bits per heavy atom. The first-order chi connectivity index (χ1) is 11.9. The van der Waals surface area contributed by atoms with Crippen molar-refractivity contribution >= 4 is 5.91 Å². The summed E-state index contributed by atoms with van der Waals surface area (Å²) in [6.07, 6.45) is -2.10. The fourth-order valence-electron chi connectivity index (χ4n) is 2.91. The lowest BCUT2D eigenvalue weighted by molar-refractivity contribution is -0.143. The summed E-state index contributed by atoms with van der Waals surface area (Å²) >= 11 is 0. The number of nitrogens with one attached hydrogen (secondary N) is 2. The minimum atomic E-state index is -4.70. The van der Waals surface area contributed by atoms with Gasteiger partial charge in [0.05, 0.1) is 17.4 Å². The molecule has 8 heteroatoms. The van der Waals surface area contributed by atoms with Gasteiger partial charge in [0.2, 0.25) is 0 Å². The maximum absolute atomic E-state index is 13.6. The molecule has 1 aliphatic rings. The van der Waals surface area contributed by atoms with E-state index in [4.69, 9.17) is 0 Å². The van der Waals surface area contributed by atoms with Gasteiger partial charge in [-0.05, 0) is 38.4 Å². The Bertz CT molecular complexity index is 746. The number of aryl methyl sites for hydroxylation is 1. The number of nitrogens with zero attached hydrogens (tertiary/aromatic N) is 2. The topological polar surface area (TPSA) is 59.0 Å². The summed E-state index contributed by atoms with van der Waals surface area (Å²) in [6, 6.07) is 6.31. The lowest BCUT2D eigenvalue weighted by Gasteiger charge is -2.24. The number of hydrogen-bond donors (Lipinski definition) is 2. The van der Waals surface area contributed by atoms with Gasteiger partial charge in [0.25, 0.3) is 5.91 Å². The minimum Gasteiger partial charge on any atom is -0.348 e. The van der Waals surface area contributed by atoms with Crippen LogP contribution in [-0.2, 0) is 6.18 Å². The van der Waals surface area contributed by atoms with Crippen molar-refractivity contribution in [2.75, 3.05) is 13.1 Å². The van der Waals surface area contributed by atoms with Gasteiger partial charge in [0, 0.05) is 12.6 Å². The van der Waals surface area contributed by atoms with Crippen LogP contribution in [0.15, 0.2) is 30.5 Å². The molecule has 1 saturated heterocycles. The zero-order valence-electron chi connectivity index (χ0n) is 13.7. The second-order valence-electron chi connectivity index (χ2n) is 6.17. The summed E-state index contributed by atoms with van der Waals surface area (Å²) in [5.74, 6) is -0.751. The van der Waals surface area contributed by atoms with Crippen LogP contribution in [-0.4, -0.2) is 34.8 Å². The summed E-state index contributed by atoms with van der Waals surface area (Å²) in [5, 5.41) is 9.60. The van der Waals surface area contributed by atoms with E-state index in [1.807, 2.05) is 6.92 Å². The van der Waals surface area contributed by atoms with Crippen molar-refractivity contribution in [2.45, 2.75) is 32.0 Å². The van der Waals surface area contributed by atoms with Crippen LogP contribution in [0.2, 0.25) is 0 Å². The monoisotopic (exact) mass is 352 g/mol. The Kier molecular flexibility index (Phi) is 4.80. The number of rotatable bonds is 3. The largest absolute Gasteiger partial charge is 0.434 e. The number of piperidine rings is 1. The van der Waals surface area contributed by atoms with Crippen molar-refractivity contribution in [2.24, 2.45) is 0 Å². The molecule has 1 amide bonds. The predicted molar refractivity (Wildman–Crippen MR) is 86.7 cm³/mol. The molecule has 2 aromatic rings. The molecule has 0 spiro atoms. The first-order valence-electron chi connectivity index (χ1n) is 8.10. The number of carbonyl (C=O) groups is 1. The van der Waals surface area contributed by atoms with Crippen molar-refractivity contribution in [1.29, 1.82) is 0 Å². The average molecular weight is 352 g/mol. The molecule has 5 nitrogen and oxygen atoms in total. The van der Waals surface area contributed by atoms with Crippen molar-refractivity contribution < 1.29 is 18.0 Å². The van der Waals surface area contributed by atoms with Crippen LogP contribution in [0.5, 0.6) is 0 Å². The van der Waals surface area contributed by atoms with Crippen LogP contribution in [0.1, 0.15) is 34.5 Å². The summed E-state index contributed by atoms with van der Waals surface area (Å²) in [7, 11) is 0. The number of alkyl halides is 3. The number of carbonyl (C=O) groups excluding carboxylic acids is 1. The van der Waals surface area contributed by atoms with Crippen molar-refractivity contribution in [3.05, 3.63) is 47.3 Å². The zero-order chi connectivity index (χ0) is 18.0. The van der Waals surface area contributed by atoms with Crippen molar-refractivity contribution in [3.63, 3.8) is 0 Å². The van der Waals surface area contributed by atoms with E-state index < -0.39 is 23.3 Å². The van der Waals surface area contributed by atoms with Gasteiger partial charge < -0.3 is 10.6 Å². The van der Waals surface area contributed by atoms with E-state index in [9.17, 15) is 18.0 Å². The molecule has 0 aliphatic carbocycles. The van der Waals surface area contributed by atoms with E-state index in [2.05, 4.69) is 15.7 Å². The van der Waals surface area contributed by atoms with Gasteiger partial charge in [-0.3, -0.25) is 4.79 Å². The summed E-state index contributed by atoms with van der Waals surface area (Å²) < 4.78 is 41.5. The standard InChI is InChI=1S/C17H19F3N4O/c1-11-4-6-13(7-5-11)24-15(17(18,19)20)14(10-22-24)16(25)23-12-3-2-8-21-9-12/h4-7,10,12,21H,2-3,8-9H2,1H3,(H,23,25)/t12-/m0/s1. The molecule has 25 heavy (non-hydrogen) atoms. The van der Waals surface area contributed by atoms with Crippen LogP contribution in [0.4, 0.5) is 13.2 Å². The highest BCUT2D eigenvalue weighted by molar-refractivity contribution is 5.95. The number of halogens is 3. The molecule has 0 unspecified atom stereocenters. The molecule has 1 aromatic heterocycles. The van der Waals surface area contributed by atoms with Crippen LogP contribution in [0.3, 0.4) is 0 Å². The van der Waals surface area contributed by atoms with Crippen LogP contribution < -0.4 is 10.6 Å². The fraction of sp³-hybridized carbons (Fsp3) is 0.412. The van der Waals surface area contributed by atoms with Crippen LogP contribution >= 0.6 is 0 Å². The Morgan fingerprint density at radius 3 is 2.64 bits per heavy atom. The third-order valence-electron chi connectivity index (χ3n) is 4.19. The molecule has 2 N–H and O–H groups in total. The first-order valence-corrected chi connectivity index (χ1v) is 8.10. The van der Waals surface area contributed by atoms with E-state index in [-0.39, 0.29) is 11.7 Å². The molecule has 2 heterocycles. The molecular formula is C17H19F3N4O. The Morgan fingerprint density at radius 1 is 1.32 bits per heavy atom. The summed E-state index contributed by atoms with van der Waals surface area (Å²) in [5.41, 5.74) is -0.334. The van der Waals surface area contributed by atoms with Gasteiger partial charge in [-0.15, -0.1) is 0 Å². The average Bonchev–Trinajstić information content (AvgIpc) is 3.02. The molecule has 0 bridgehead atoms. The Labute approximate surface area is 143 Å². The zero-order valence-corrected chi connectivity index (χ0v) is 13.7. The maximum Gasteiger partial charge on any atom is 0.434 e. The van der Waals surface area contributed by atoms with E-state index in [1.54, 1.807) is 24.3 Å². The van der Waals surface area contributed by atoms with E-state index in [0.29, 0.717) is 6.54 Å². The molecule has 1 fully saturated rings. The molecule has 134 valence electrons.